The highest BCUT2D eigenvalue weighted by Gasteiger charge is 2.33. The van der Waals surface area contributed by atoms with Crippen molar-refractivity contribution in [2.24, 2.45) is 16.3 Å². The minimum atomic E-state index is -0.123. The Morgan fingerprint density at radius 1 is 1.03 bits per heavy atom. The van der Waals surface area contributed by atoms with Gasteiger partial charge in [-0.25, -0.2) is 4.99 Å². The molecule has 0 radical (unpaired) electrons. The van der Waals surface area contributed by atoms with Crippen molar-refractivity contribution in [2.45, 2.75) is 47.0 Å². The largest absolute Gasteiger partial charge is 0.493 e. The van der Waals surface area contributed by atoms with Crippen LogP contribution < -0.4 is 19.5 Å². The molecule has 37 heavy (non-hydrogen) atoms. The average Bonchev–Trinajstić information content (AvgIpc) is 3.25. The number of benzene rings is 2. The van der Waals surface area contributed by atoms with Crippen LogP contribution in [0, 0.1) is 18.3 Å². The molecule has 2 aromatic carbocycles. The summed E-state index contributed by atoms with van der Waals surface area (Å²) in [5, 5.41) is 3.80. The second-order valence-electron chi connectivity index (χ2n) is 10.5. The summed E-state index contributed by atoms with van der Waals surface area (Å²) in [6.45, 7) is 8.92. The average molecular weight is 521 g/mol. The first kappa shape index (κ1) is 26.7. The van der Waals surface area contributed by atoms with Gasteiger partial charge in [0.2, 0.25) is 5.75 Å². The predicted octanol–water partition coefficient (Wildman–Crippen LogP) is 7.24. The van der Waals surface area contributed by atoms with Crippen molar-refractivity contribution in [3.63, 3.8) is 0 Å². The molecule has 1 amide bonds. The topological polar surface area (TPSA) is 69.2 Å². The summed E-state index contributed by atoms with van der Waals surface area (Å²) in [6.07, 6.45) is 4.63. The SMILES string of the molecule is COc1ccc(C=Nc2sc3c(c2C(=O)Nc2ccc(C)cc2)CC[C@H](C(C)(C)C)C3)c(OC)c1OC. The van der Waals surface area contributed by atoms with E-state index in [-0.39, 0.29) is 11.3 Å². The molecule has 0 unspecified atom stereocenters. The second-order valence-corrected chi connectivity index (χ2v) is 11.6. The summed E-state index contributed by atoms with van der Waals surface area (Å²) in [4.78, 5) is 19.7. The number of hydrogen-bond acceptors (Lipinski definition) is 6. The van der Waals surface area contributed by atoms with Gasteiger partial charge in [-0.1, -0.05) is 38.5 Å². The molecule has 6 nitrogen and oxygen atoms in total. The standard InChI is InChI=1S/C30H36N2O4S/c1-18-8-12-21(13-9-18)32-28(33)25-22-14-11-20(30(2,3)4)16-24(22)37-29(25)31-17-19-10-15-23(34-5)27(36-7)26(19)35-6/h8-10,12-13,15,17,20H,11,14,16H2,1-7H3,(H,32,33)/t20-/m0/s1. The number of hydrogen-bond donors (Lipinski definition) is 1. The highest BCUT2D eigenvalue weighted by Crippen LogP contribution is 2.46. The van der Waals surface area contributed by atoms with Gasteiger partial charge in [-0.2, -0.15) is 0 Å². The Balaban J connectivity index is 1.75. The van der Waals surface area contributed by atoms with E-state index in [1.54, 1.807) is 38.9 Å². The van der Waals surface area contributed by atoms with Gasteiger partial charge in [-0.15, -0.1) is 11.3 Å². The Bertz CT molecular complexity index is 1300. The molecule has 1 heterocycles. The van der Waals surface area contributed by atoms with Crippen LogP contribution in [0.4, 0.5) is 10.7 Å². The van der Waals surface area contributed by atoms with Gasteiger partial charge < -0.3 is 19.5 Å². The summed E-state index contributed by atoms with van der Waals surface area (Å²) >= 11 is 1.62. The molecule has 0 spiro atoms. The number of thiophene rings is 1. The van der Waals surface area contributed by atoms with E-state index in [1.807, 2.05) is 43.3 Å². The van der Waals surface area contributed by atoms with Gasteiger partial charge in [-0.05, 0) is 67.3 Å². The van der Waals surface area contributed by atoms with Crippen LogP contribution in [0.1, 0.15) is 59.1 Å². The number of aliphatic imine (C=N–C) groups is 1. The van der Waals surface area contributed by atoms with Gasteiger partial charge in [0.25, 0.3) is 5.91 Å². The molecule has 0 fully saturated rings. The zero-order valence-electron chi connectivity index (χ0n) is 22.7. The van der Waals surface area contributed by atoms with Gasteiger partial charge in [0.15, 0.2) is 11.5 Å². The molecular formula is C30H36N2O4S. The number of nitrogens with zero attached hydrogens (tertiary/aromatic N) is 1. The second kappa shape index (κ2) is 11.0. The van der Waals surface area contributed by atoms with Crippen LogP contribution in [0.5, 0.6) is 17.2 Å². The molecule has 196 valence electrons. The number of methoxy groups -OCH3 is 3. The van der Waals surface area contributed by atoms with Crippen molar-refractivity contribution in [1.82, 2.24) is 0 Å². The van der Waals surface area contributed by atoms with Gasteiger partial charge in [0, 0.05) is 22.3 Å². The number of ether oxygens (including phenoxy) is 3. The minimum absolute atomic E-state index is 0.123. The highest BCUT2D eigenvalue weighted by molar-refractivity contribution is 7.16. The van der Waals surface area contributed by atoms with E-state index in [9.17, 15) is 4.79 Å². The maximum absolute atomic E-state index is 13.6. The molecule has 1 atom stereocenters. The fraction of sp³-hybridized carbons (Fsp3) is 0.400. The lowest BCUT2D eigenvalue weighted by Gasteiger charge is -2.33. The van der Waals surface area contributed by atoms with Gasteiger partial charge in [-0.3, -0.25) is 4.79 Å². The number of carbonyl (C=O) groups is 1. The highest BCUT2D eigenvalue weighted by atomic mass is 32.1. The minimum Gasteiger partial charge on any atom is -0.493 e. The van der Waals surface area contributed by atoms with Crippen LogP contribution >= 0.6 is 11.3 Å². The maximum atomic E-state index is 13.6. The summed E-state index contributed by atoms with van der Waals surface area (Å²) in [6, 6.07) is 11.5. The molecule has 3 aromatic rings. The van der Waals surface area contributed by atoms with Crippen molar-refractivity contribution in [2.75, 3.05) is 26.6 Å². The van der Waals surface area contributed by atoms with Crippen molar-refractivity contribution in [3.8, 4) is 17.2 Å². The quantitative estimate of drug-likeness (QED) is 0.334. The summed E-state index contributed by atoms with van der Waals surface area (Å²) < 4.78 is 16.6. The van der Waals surface area contributed by atoms with E-state index in [0.29, 0.717) is 33.7 Å². The number of rotatable bonds is 7. The molecule has 1 N–H and O–H groups in total. The molecule has 1 aliphatic rings. The van der Waals surface area contributed by atoms with Crippen LogP contribution in [-0.2, 0) is 12.8 Å². The smallest absolute Gasteiger partial charge is 0.259 e. The Kier molecular flexibility index (Phi) is 7.93. The first-order valence-electron chi connectivity index (χ1n) is 12.5. The molecule has 0 saturated heterocycles. The van der Waals surface area contributed by atoms with E-state index in [2.05, 4.69) is 26.1 Å². The van der Waals surface area contributed by atoms with Crippen molar-refractivity contribution < 1.29 is 19.0 Å². The number of nitrogens with one attached hydrogen (secondary N) is 1. The lowest BCUT2D eigenvalue weighted by molar-refractivity contribution is 0.102. The number of fused-ring (bicyclic) bond motifs is 1. The van der Waals surface area contributed by atoms with E-state index >= 15 is 0 Å². The molecule has 0 bridgehead atoms. The van der Waals surface area contributed by atoms with Crippen LogP contribution in [0.2, 0.25) is 0 Å². The lowest BCUT2D eigenvalue weighted by Crippen LogP contribution is -2.27. The summed E-state index contributed by atoms with van der Waals surface area (Å²) in [7, 11) is 4.75. The Labute approximate surface area is 223 Å². The van der Waals surface area contributed by atoms with Gasteiger partial charge >= 0.3 is 0 Å². The van der Waals surface area contributed by atoms with Crippen LogP contribution in [0.25, 0.3) is 0 Å². The third-order valence-electron chi connectivity index (χ3n) is 7.06. The van der Waals surface area contributed by atoms with Crippen LogP contribution in [-0.4, -0.2) is 33.5 Å². The Hall–Kier alpha value is -3.32. The Morgan fingerprint density at radius 3 is 2.35 bits per heavy atom. The molecule has 4 rings (SSSR count). The van der Waals surface area contributed by atoms with Crippen LogP contribution in [0.3, 0.4) is 0 Å². The summed E-state index contributed by atoms with van der Waals surface area (Å²) in [5.41, 5.74) is 4.67. The normalized spacial score (nSPS) is 15.4. The number of anilines is 1. The molecule has 1 aromatic heterocycles. The van der Waals surface area contributed by atoms with Crippen molar-refractivity contribution >= 4 is 34.1 Å². The summed E-state index contributed by atoms with van der Waals surface area (Å²) in [5.74, 6) is 2.06. The Morgan fingerprint density at radius 2 is 1.73 bits per heavy atom. The van der Waals surface area contributed by atoms with E-state index < -0.39 is 0 Å². The van der Waals surface area contributed by atoms with Gasteiger partial charge in [0.1, 0.15) is 5.00 Å². The molecule has 0 saturated carbocycles. The van der Waals surface area contributed by atoms with Crippen LogP contribution in [0.15, 0.2) is 41.4 Å². The maximum Gasteiger partial charge on any atom is 0.259 e. The first-order valence-corrected chi connectivity index (χ1v) is 13.3. The molecular weight excluding hydrogens is 484 g/mol. The van der Waals surface area contributed by atoms with Crippen molar-refractivity contribution in [3.05, 3.63) is 63.5 Å². The van der Waals surface area contributed by atoms with Gasteiger partial charge in [0.05, 0.1) is 26.9 Å². The van der Waals surface area contributed by atoms with E-state index in [4.69, 9.17) is 19.2 Å². The predicted molar refractivity (Wildman–Crippen MR) is 152 cm³/mol. The lowest BCUT2D eigenvalue weighted by atomic mass is 9.72. The third kappa shape index (κ3) is 5.67. The first-order chi connectivity index (χ1) is 17.7. The number of aryl methyl sites for hydroxylation is 1. The zero-order chi connectivity index (χ0) is 26.7. The van der Waals surface area contributed by atoms with Crippen molar-refractivity contribution in [1.29, 1.82) is 0 Å². The zero-order valence-corrected chi connectivity index (χ0v) is 23.5. The molecule has 0 aliphatic heterocycles. The monoisotopic (exact) mass is 520 g/mol. The molecule has 7 heteroatoms. The fourth-order valence-electron chi connectivity index (χ4n) is 4.82. The third-order valence-corrected chi connectivity index (χ3v) is 8.23. The number of amides is 1. The fourth-order valence-corrected chi connectivity index (χ4v) is 6.09. The van der Waals surface area contributed by atoms with E-state index in [0.717, 1.165) is 41.6 Å². The van der Waals surface area contributed by atoms with E-state index in [1.165, 1.54) is 4.88 Å². The molecule has 1 aliphatic carbocycles. The number of carbonyl (C=O) groups excluding carboxylic acids is 1.